The molecule has 0 aromatic rings. The van der Waals surface area contributed by atoms with Gasteiger partial charge in [-0.15, -0.1) is 0 Å². The molecule has 0 aromatic heterocycles. The van der Waals surface area contributed by atoms with Crippen LogP contribution in [-0.2, 0) is 27.2 Å². The Morgan fingerprint density at radius 1 is 0.731 bits per heavy atom. The van der Waals surface area contributed by atoms with Gasteiger partial charge in [0.1, 0.15) is 0 Å². The zero-order valence-corrected chi connectivity index (χ0v) is 18.7. The summed E-state index contributed by atoms with van der Waals surface area (Å²) in [7, 11) is -8.10. The number of rotatable bonds is 13. The minimum absolute atomic E-state index is 0.319. The Morgan fingerprint density at radius 2 is 1.00 bits per heavy atom. The van der Waals surface area contributed by atoms with E-state index in [-0.39, 0.29) is 6.42 Å². The van der Waals surface area contributed by atoms with E-state index in [9.17, 15) is 19.2 Å². The summed E-state index contributed by atoms with van der Waals surface area (Å²) >= 11 is 0. The second-order valence-electron chi connectivity index (χ2n) is 7.02. The van der Waals surface area contributed by atoms with Gasteiger partial charge >= 0.3 is 15.2 Å². The van der Waals surface area contributed by atoms with E-state index in [1.165, 1.54) is 0 Å². The van der Waals surface area contributed by atoms with E-state index in [0.717, 1.165) is 0 Å². The van der Waals surface area contributed by atoms with Gasteiger partial charge in [-0.2, -0.15) is 0 Å². The van der Waals surface area contributed by atoms with Gasteiger partial charge in [0.2, 0.25) is 6.54 Å². The van der Waals surface area contributed by atoms with Crippen molar-refractivity contribution in [2.75, 3.05) is 6.54 Å². The molecule has 9 nitrogen and oxygen atoms in total. The van der Waals surface area contributed by atoms with E-state index >= 15 is 0 Å². The normalized spacial score (nSPS) is 13.6. The quantitative estimate of drug-likeness (QED) is 0.232. The fourth-order valence-corrected chi connectivity index (χ4v) is 8.13. The molecular formula is C15H33NO8P2. The maximum atomic E-state index is 13.6. The molecule has 0 spiro atoms. The van der Waals surface area contributed by atoms with Gasteiger partial charge in [-0.3, -0.25) is 19.2 Å². The molecule has 0 radical (unpaired) electrons. The largest absolute Gasteiger partial charge is 0.346 e. The molecule has 0 aliphatic rings. The van der Waals surface area contributed by atoms with Gasteiger partial charge in [0.15, 0.2) is 5.40 Å². The first-order valence-corrected chi connectivity index (χ1v) is 12.0. The zero-order chi connectivity index (χ0) is 20.7. The third kappa shape index (κ3) is 9.07. The lowest BCUT2D eigenvalue weighted by Crippen LogP contribution is -2.25. The molecule has 0 fully saturated rings. The van der Waals surface area contributed by atoms with Crippen LogP contribution in [0.15, 0.2) is 0 Å². The molecule has 0 atom stereocenters. The second-order valence-corrected chi connectivity index (χ2v) is 11.7. The zero-order valence-electron chi connectivity index (χ0n) is 16.9. The molecule has 11 heteroatoms. The average molecular weight is 417 g/mol. The van der Waals surface area contributed by atoms with Gasteiger partial charge < -0.3 is 18.1 Å². The molecule has 156 valence electrons. The van der Waals surface area contributed by atoms with Crippen molar-refractivity contribution in [1.29, 1.82) is 0 Å². The van der Waals surface area contributed by atoms with Gasteiger partial charge in [-0.05, 0) is 55.4 Å². The molecule has 0 unspecified atom stereocenters. The summed E-state index contributed by atoms with van der Waals surface area (Å²) in [6.07, 6.45) is -2.36. The van der Waals surface area contributed by atoms with Crippen molar-refractivity contribution >= 4 is 15.2 Å². The minimum atomic E-state index is -4.05. The molecule has 0 saturated heterocycles. The maximum Gasteiger partial charge on any atom is 0.346 e. The molecule has 0 aliphatic carbocycles. The SMILES string of the molecule is CC(C)OP(=O)(OC(C)C)C(CC[N+](=O)[O-])P(=O)(OC(C)C)OC(C)C. The van der Waals surface area contributed by atoms with Crippen molar-refractivity contribution in [3.8, 4) is 0 Å². The smallest absolute Gasteiger partial charge is 0.305 e. The van der Waals surface area contributed by atoms with E-state index < -0.39 is 56.5 Å². The summed E-state index contributed by atoms with van der Waals surface area (Å²) in [5.74, 6) is 0. The van der Waals surface area contributed by atoms with E-state index in [1.54, 1.807) is 55.4 Å². The second kappa shape index (κ2) is 10.9. The van der Waals surface area contributed by atoms with Crippen LogP contribution in [0.1, 0.15) is 61.8 Å². The monoisotopic (exact) mass is 417 g/mol. The first-order chi connectivity index (χ1) is 11.7. The summed E-state index contributed by atoms with van der Waals surface area (Å²) in [4.78, 5) is 10.3. The van der Waals surface area contributed by atoms with E-state index in [2.05, 4.69) is 0 Å². The predicted octanol–water partition coefficient (Wildman–Crippen LogP) is 5.07. The Hall–Kier alpha value is -0.300. The summed E-state index contributed by atoms with van der Waals surface area (Å²) in [5.41, 5.74) is 0. The van der Waals surface area contributed by atoms with Crippen molar-refractivity contribution in [3.63, 3.8) is 0 Å². The topological polar surface area (TPSA) is 114 Å². The standard InChI is InChI=1S/C15H33NO8P2/c1-11(2)21-25(19,22-12(3)4)15(9-10-16(17)18)26(20,23-13(5)6)24-14(7)8/h11-15H,9-10H2,1-8H3. The fraction of sp³-hybridized carbons (Fsp3) is 1.00. The average Bonchev–Trinajstić information content (AvgIpc) is 2.32. The molecule has 0 aliphatic heterocycles. The Balaban J connectivity index is 6.19. The lowest BCUT2D eigenvalue weighted by atomic mass is 10.5. The Kier molecular flexibility index (Phi) is 10.8. The number of hydrogen-bond donors (Lipinski definition) is 0. The fourth-order valence-electron chi connectivity index (χ4n) is 2.22. The molecule has 0 bridgehead atoms. The highest BCUT2D eigenvalue weighted by Crippen LogP contribution is 2.72. The highest BCUT2D eigenvalue weighted by molar-refractivity contribution is 7.72. The van der Waals surface area contributed by atoms with E-state index in [4.69, 9.17) is 18.1 Å². The van der Waals surface area contributed by atoms with Crippen LogP contribution in [0, 0.1) is 10.1 Å². The molecular weight excluding hydrogens is 384 g/mol. The van der Waals surface area contributed by atoms with Crippen LogP contribution in [0.2, 0.25) is 0 Å². The number of hydrogen-bond acceptors (Lipinski definition) is 8. The van der Waals surface area contributed by atoms with Crippen LogP contribution in [0.5, 0.6) is 0 Å². The molecule has 0 saturated carbocycles. The Labute approximate surface area is 156 Å². The van der Waals surface area contributed by atoms with E-state index in [0.29, 0.717) is 0 Å². The summed E-state index contributed by atoms with van der Waals surface area (Å²) < 4.78 is 49.2. The van der Waals surface area contributed by atoms with E-state index in [1.807, 2.05) is 0 Å². The third-order valence-electron chi connectivity index (χ3n) is 2.73. The molecule has 0 amide bonds. The molecule has 0 aromatic carbocycles. The van der Waals surface area contributed by atoms with Gasteiger partial charge in [0.25, 0.3) is 0 Å². The van der Waals surface area contributed by atoms with Crippen molar-refractivity contribution in [2.24, 2.45) is 0 Å². The minimum Gasteiger partial charge on any atom is -0.305 e. The Bertz CT molecular complexity index is 470. The third-order valence-corrected chi connectivity index (χ3v) is 9.27. The van der Waals surface area contributed by atoms with Gasteiger partial charge in [0.05, 0.1) is 24.4 Å². The van der Waals surface area contributed by atoms with Crippen molar-refractivity contribution in [3.05, 3.63) is 10.1 Å². The van der Waals surface area contributed by atoms with Crippen LogP contribution in [0.3, 0.4) is 0 Å². The highest BCUT2D eigenvalue weighted by Gasteiger charge is 2.53. The van der Waals surface area contributed by atoms with Crippen LogP contribution in [-0.4, -0.2) is 41.3 Å². The van der Waals surface area contributed by atoms with Crippen LogP contribution >= 0.6 is 15.2 Å². The Morgan fingerprint density at radius 3 is 1.19 bits per heavy atom. The molecule has 0 heterocycles. The maximum absolute atomic E-state index is 13.6. The van der Waals surface area contributed by atoms with Crippen LogP contribution in [0.25, 0.3) is 0 Å². The van der Waals surface area contributed by atoms with Gasteiger partial charge in [0, 0.05) is 11.3 Å². The molecule has 0 N–H and O–H groups in total. The summed E-state index contributed by atoms with van der Waals surface area (Å²) in [6, 6.07) is 0. The van der Waals surface area contributed by atoms with Gasteiger partial charge in [-0.1, -0.05) is 0 Å². The van der Waals surface area contributed by atoms with Crippen molar-refractivity contribution in [2.45, 2.75) is 91.6 Å². The van der Waals surface area contributed by atoms with Crippen LogP contribution < -0.4 is 0 Å². The van der Waals surface area contributed by atoms with Crippen molar-refractivity contribution < 1.29 is 32.1 Å². The summed E-state index contributed by atoms with van der Waals surface area (Å²) in [5, 5.41) is 9.52. The highest BCUT2D eigenvalue weighted by atomic mass is 31.2. The molecule has 0 rings (SSSR count). The van der Waals surface area contributed by atoms with Crippen LogP contribution in [0.4, 0.5) is 0 Å². The van der Waals surface area contributed by atoms with Crippen molar-refractivity contribution in [1.82, 2.24) is 0 Å². The lowest BCUT2D eigenvalue weighted by molar-refractivity contribution is -0.480. The first kappa shape index (κ1) is 25.7. The first-order valence-electron chi connectivity index (χ1n) is 8.76. The summed E-state index contributed by atoms with van der Waals surface area (Å²) in [6.45, 7) is 12.6. The lowest BCUT2D eigenvalue weighted by Gasteiger charge is -2.34. The number of nitrogens with zero attached hydrogens (tertiary/aromatic N) is 1. The molecule has 26 heavy (non-hydrogen) atoms. The predicted molar refractivity (Wildman–Crippen MR) is 100 cm³/mol. The van der Waals surface area contributed by atoms with Gasteiger partial charge in [-0.25, -0.2) is 0 Å². The number of nitro groups is 1.